The van der Waals surface area contributed by atoms with Crippen LogP contribution in [0.4, 0.5) is 14.5 Å². The first-order chi connectivity index (χ1) is 12.0. The van der Waals surface area contributed by atoms with E-state index in [1.165, 1.54) is 48.5 Å². The van der Waals surface area contributed by atoms with Crippen LogP contribution in [-0.2, 0) is 4.79 Å². The minimum absolute atomic E-state index is 0.191. The van der Waals surface area contributed by atoms with E-state index >= 15 is 0 Å². The molecule has 4 nitrogen and oxygen atoms in total. The molecule has 1 heterocycles. The SMILES string of the molecule is O=C(Nc1ccc(F)cc1)[C@@H]1CCCN(C(=O)c2ccc(F)cc2)C1. The quantitative estimate of drug-likeness (QED) is 0.927. The van der Waals surface area contributed by atoms with Crippen LogP contribution in [0, 0.1) is 17.6 Å². The first kappa shape index (κ1) is 17.1. The maximum atomic E-state index is 13.0. The predicted octanol–water partition coefficient (Wildman–Crippen LogP) is 3.46. The monoisotopic (exact) mass is 344 g/mol. The number of anilines is 1. The maximum Gasteiger partial charge on any atom is 0.253 e. The molecule has 1 N–H and O–H groups in total. The van der Waals surface area contributed by atoms with Crippen molar-refractivity contribution in [2.75, 3.05) is 18.4 Å². The molecule has 130 valence electrons. The molecule has 6 heteroatoms. The van der Waals surface area contributed by atoms with Crippen molar-refractivity contribution in [3.63, 3.8) is 0 Å². The van der Waals surface area contributed by atoms with Gasteiger partial charge in [0.1, 0.15) is 11.6 Å². The standard InChI is InChI=1S/C19H18F2N2O2/c20-15-5-3-13(4-6-15)19(25)23-11-1-2-14(12-23)18(24)22-17-9-7-16(21)8-10-17/h3-10,14H,1-2,11-12H2,(H,22,24)/t14-/m1/s1. The fourth-order valence-corrected chi connectivity index (χ4v) is 2.93. The largest absolute Gasteiger partial charge is 0.338 e. The molecule has 1 saturated heterocycles. The van der Waals surface area contributed by atoms with Crippen LogP contribution in [0.3, 0.4) is 0 Å². The van der Waals surface area contributed by atoms with E-state index < -0.39 is 5.82 Å². The van der Waals surface area contributed by atoms with Crippen LogP contribution < -0.4 is 5.32 Å². The second kappa shape index (κ2) is 7.42. The lowest BCUT2D eigenvalue weighted by Crippen LogP contribution is -2.43. The highest BCUT2D eigenvalue weighted by molar-refractivity contribution is 5.96. The van der Waals surface area contributed by atoms with Crippen molar-refractivity contribution in [2.45, 2.75) is 12.8 Å². The third kappa shape index (κ3) is 4.21. The number of likely N-dealkylation sites (tertiary alicyclic amines) is 1. The van der Waals surface area contributed by atoms with Gasteiger partial charge < -0.3 is 10.2 Å². The minimum atomic E-state index is -0.397. The average molecular weight is 344 g/mol. The van der Waals surface area contributed by atoms with E-state index in [0.29, 0.717) is 37.2 Å². The molecule has 0 radical (unpaired) electrons. The molecule has 0 aromatic heterocycles. The van der Waals surface area contributed by atoms with E-state index in [0.717, 1.165) is 0 Å². The Kier molecular flexibility index (Phi) is 5.07. The topological polar surface area (TPSA) is 49.4 Å². The number of hydrogen-bond acceptors (Lipinski definition) is 2. The lowest BCUT2D eigenvalue weighted by Gasteiger charge is -2.32. The van der Waals surface area contributed by atoms with Crippen LogP contribution in [0.25, 0.3) is 0 Å². The van der Waals surface area contributed by atoms with Crippen LogP contribution in [-0.4, -0.2) is 29.8 Å². The Morgan fingerprint density at radius 2 is 1.56 bits per heavy atom. The van der Waals surface area contributed by atoms with Crippen molar-refractivity contribution in [2.24, 2.45) is 5.92 Å². The van der Waals surface area contributed by atoms with Gasteiger partial charge in [0.25, 0.3) is 5.91 Å². The van der Waals surface area contributed by atoms with Crippen LogP contribution >= 0.6 is 0 Å². The van der Waals surface area contributed by atoms with Gasteiger partial charge in [-0.2, -0.15) is 0 Å². The molecular formula is C19H18F2N2O2. The smallest absolute Gasteiger partial charge is 0.253 e. The van der Waals surface area contributed by atoms with Crippen molar-refractivity contribution in [3.05, 3.63) is 65.7 Å². The third-order valence-corrected chi connectivity index (χ3v) is 4.28. The van der Waals surface area contributed by atoms with Crippen molar-refractivity contribution in [3.8, 4) is 0 Å². The van der Waals surface area contributed by atoms with Gasteiger partial charge in [0.15, 0.2) is 0 Å². The van der Waals surface area contributed by atoms with Gasteiger partial charge >= 0.3 is 0 Å². The van der Waals surface area contributed by atoms with Crippen molar-refractivity contribution >= 4 is 17.5 Å². The van der Waals surface area contributed by atoms with E-state index in [4.69, 9.17) is 0 Å². The van der Waals surface area contributed by atoms with Gasteiger partial charge in [-0.15, -0.1) is 0 Å². The predicted molar refractivity (Wildman–Crippen MR) is 90.1 cm³/mol. The Balaban J connectivity index is 1.63. The number of nitrogens with zero attached hydrogens (tertiary/aromatic N) is 1. The Hall–Kier alpha value is -2.76. The third-order valence-electron chi connectivity index (χ3n) is 4.28. The molecule has 0 aliphatic carbocycles. The first-order valence-electron chi connectivity index (χ1n) is 8.14. The number of carbonyl (C=O) groups is 2. The number of carbonyl (C=O) groups excluding carboxylic acids is 2. The Morgan fingerprint density at radius 1 is 0.960 bits per heavy atom. The van der Waals surface area contributed by atoms with Crippen molar-refractivity contribution in [1.29, 1.82) is 0 Å². The summed E-state index contributed by atoms with van der Waals surface area (Å²) >= 11 is 0. The number of halogens is 2. The Morgan fingerprint density at radius 3 is 2.20 bits per heavy atom. The lowest BCUT2D eigenvalue weighted by atomic mass is 9.96. The van der Waals surface area contributed by atoms with Crippen LogP contribution in [0.5, 0.6) is 0 Å². The summed E-state index contributed by atoms with van der Waals surface area (Å²) < 4.78 is 25.9. The number of hydrogen-bond donors (Lipinski definition) is 1. The highest BCUT2D eigenvalue weighted by Gasteiger charge is 2.29. The number of rotatable bonds is 3. The summed E-state index contributed by atoms with van der Waals surface area (Å²) in [6.45, 7) is 0.875. The molecule has 2 aromatic rings. The molecule has 25 heavy (non-hydrogen) atoms. The highest BCUT2D eigenvalue weighted by atomic mass is 19.1. The summed E-state index contributed by atoms with van der Waals surface area (Å²) in [7, 11) is 0. The molecule has 0 spiro atoms. The molecule has 2 amide bonds. The summed E-state index contributed by atoms with van der Waals surface area (Å²) in [5, 5.41) is 2.75. The number of benzene rings is 2. The molecule has 1 aliphatic rings. The van der Waals surface area contributed by atoms with Gasteiger partial charge in [0.2, 0.25) is 5.91 Å². The molecule has 2 aromatic carbocycles. The summed E-state index contributed by atoms with van der Waals surface area (Å²) in [6, 6.07) is 10.9. The van der Waals surface area contributed by atoms with E-state index in [-0.39, 0.29) is 23.5 Å². The fraction of sp³-hybridized carbons (Fsp3) is 0.263. The average Bonchev–Trinajstić information content (AvgIpc) is 2.64. The van der Waals surface area contributed by atoms with Crippen molar-refractivity contribution < 1.29 is 18.4 Å². The zero-order valence-electron chi connectivity index (χ0n) is 13.5. The number of nitrogens with one attached hydrogen (secondary N) is 1. The summed E-state index contributed by atoms with van der Waals surface area (Å²) in [4.78, 5) is 26.5. The second-order valence-electron chi connectivity index (χ2n) is 6.09. The lowest BCUT2D eigenvalue weighted by molar-refractivity contribution is -0.121. The van der Waals surface area contributed by atoms with Gasteiger partial charge in [-0.3, -0.25) is 9.59 Å². The van der Waals surface area contributed by atoms with Gasteiger partial charge in [-0.05, 0) is 61.4 Å². The molecular weight excluding hydrogens is 326 g/mol. The van der Waals surface area contributed by atoms with Crippen LogP contribution in [0.1, 0.15) is 23.2 Å². The molecule has 1 fully saturated rings. The van der Waals surface area contributed by atoms with Crippen LogP contribution in [0.15, 0.2) is 48.5 Å². The van der Waals surface area contributed by atoms with E-state index in [1.54, 1.807) is 4.90 Å². The van der Waals surface area contributed by atoms with E-state index in [2.05, 4.69) is 5.32 Å². The molecule has 3 rings (SSSR count). The summed E-state index contributed by atoms with van der Waals surface area (Å²) in [5.41, 5.74) is 0.925. The molecule has 0 bridgehead atoms. The number of amides is 2. The van der Waals surface area contributed by atoms with Gasteiger partial charge in [0, 0.05) is 24.3 Å². The summed E-state index contributed by atoms with van der Waals surface area (Å²) in [6.07, 6.45) is 1.40. The highest BCUT2D eigenvalue weighted by Crippen LogP contribution is 2.21. The Labute approximate surface area is 144 Å². The zero-order chi connectivity index (χ0) is 17.8. The second-order valence-corrected chi connectivity index (χ2v) is 6.09. The minimum Gasteiger partial charge on any atom is -0.338 e. The van der Waals surface area contributed by atoms with Gasteiger partial charge in [-0.25, -0.2) is 8.78 Å². The first-order valence-corrected chi connectivity index (χ1v) is 8.14. The van der Waals surface area contributed by atoms with E-state index in [9.17, 15) is 18.4 Å². The fourth-order valence-electron chi connectivity index (χ4n) is 2.93. The number of piperidine rings is 1. The van der Waals surface area contributed by atoms with Gasteiger partial charge in [-0.1, -0.05) is 0 Å². The molecule has 0 saturated carbocycles. The molecule has 0 unspecified atom stereocenters. The van der Waals surface area contributed by atoms with Crippen LogP contribution in [0.2, 0.25) is 0 Å². The zero-order valence-corrected chi connectivity index (χ0v) is 13.5. The molecule has 1 aliphatic heterocycles. The normalized spacial score (nSPS) is 17.2. The van der Waals surface area contributed by atoms with Gasteiger partial charge in [0.05, 0.1) is 5.92 Å². The van der Waals surface area contributed by atoms with E-state index in [1.807, 2.05) is 0 Å². The Bertz CT molecular complexity index is 760. The summed E-state index contributed by atoms with van der Waals surface area (Å²) in [5.74, 6) is -1.50. The maximum absolute atomic E-state index is 13.0. The van der Waals surface area contributed by atoms with Crippen molar-refractivity contribution in [1.82, 2.24) is 4.90 Å². The molecule has 1 atom stereocenters.